The first-order valence-corrected chi connectivity index (χ1v) is 10.0. The highest BCUT2D eigenvalue weighted by Crippen LogP contribution is 2.29. The molecule has 132 valence electrons. The van der Waals surface area contributed by atoms with Crippen molar-refractivity contribution in [2.75, 3.05) is 18.8 Å². The Bertz CT molecular complexity index is 522. The van der Waals surface area contributed by atoms with Crippen LogP contribution in [0.15, 0.2) is 0 Å². The minimum atomic E-state index is -3.34. The highest BCUT2D eigenvalue weighted by molar-refractivity contribution is 7.89. The van der Waals surface area contributed by atoms with Gasteiger partial charge in [-0.25, -0.2) is 13.1 Å². The summed E-state index contributed by atoms with van der Waals surface area (Å²) in [5, 5.41) is 11.6. The Labute approximate surface area is 137 Å². The van der Waals surface area contributed by atoms with Crippen LogP contribution in [0, 0.1) is 17.8 Å². The van der Waals surface area contributed by atoms with E-state index in [0.717, 1.165) is 12.8 Å². The number of carboxylic acid groups (broad SMARTS) is 1. The van der Waals surface area contributed by atoms with Crippen molar-refractivity contribution in [2.24, 2.45) is 17.8 Å². The quantitative estimate of drug-likeness (QED) is 0.599. The summed E-state index contributed by atoms with van der Waals surface area (Å²) >= 11 is 0. The lowest BCUT2D eigenvalue weighted by Crippen LogP contribution is -2.40. The third kappa shape index (κ3) is 5.76. The molecule has 0 heterocycles. The van der Waals surface area contributed by atoms with Crippen molar-refractivity contribution in [3.05, 3.63) is 0 Å². The molecule has 0 aromatic rings. The fraction of sp³-hybridized carbons (Fsp3) is 0.867. The molecule has 0 bridgehead atoms. The van der Waals surface area contributed by atoms with Gasteiger partial charge < -0.3 is 10.4 Å². The molecule has 2 aliphatic carbocycles. The number of carbonyl (C=O) groups is 2. The maximum atomic E-state index is 12.0. The Hall–Kier alpha value is -1.15. The van der Waals surface area contributed by atoms with E-state index in [4.69, 9.17) is 5.11 Å². The zero-order valence-electron chi connectivity index (χ0n) is 13.3. The Morgan fingerprint density at radius 1 is 1.00 bits per heavy atom. The normalized spacial score (nSPS) is 25.6. The monoisotopic (exact) mass is 346 g/mol. The second kappa shape index (κ2) is 8.10. The number of carbonyl (C=O) groups excluding carboxylic acids is 1. The van der Waals surface area contributed by atoms with Gasteiger partial charge >= 0.3 is 5.97 Å². The maximum absolute atomic E-state index is 12.0. The van der Waals surface area contributed by atoms with Crippen LogP contribution in [0.1, 0.15) is 44.9 Å². The summed E-state index contributed by atoms with van der Waals surface area (Å²) in [6.07, 6.45) is 5.46. The van der Waals surface area contributed by atoms with Crippen molar-refractivity contribution < 1.29 is 23.1 Å². The van der Waals surface area contributed by atoms with Crippen molar-refractivity contribution in [3.8, 4) is 0 Å². The molecule has 3 N–H and O–H groups in total. The molecule has 0 radical (unpaired) electrons. The van der Waals surface area contributed by atoms with Gasteiger partial charge in [0.25, 0.3) is 0 Å². The number of rotatable bonds is 8. The van der Waals surface area contributed by atoms with E-state index in [1.165, 1.54) is 6.42 Å². The van der Waals surface area contributed by atoms with E-state index >= 15 is 0 Å². The summed E-state index contributed by atoms with van der Waals surface area (Å²) in [6, 6.07) is 0. The van der Waals surface area contributed by atoms with Crippen molar-refractivity contribution >= 4 is 21.9 Å². The molecule has 0 saturated heterocycles. The first kappa shape index (κ1) is 18.2. The summed E-state index contributed by atoms with van der Waals surface area (Å²) < 4.78 is 26.2. The maximum Gasteiger partial charge on any atom is 0.306 e. The Morgan fingerprint density at radius 3 is 2.13 bits per heavy atom. The van der Waals surface area contributed by atoms with Crippen LogP contribution in [0.2, 0.25) is 0 Å². The minimum absolute atomic E-state index is 0.0949. The molecule has 2 rings (SSSR count). The van der Waals surface area contributed by atoms with Gasteiger partial charge in [0.2, 0.25) is 15.9 Å². The van der Waals surface area contributed by atoms with Crippen molar-refractivity contribution in [1.82, 2.24) is 10.0 Å². The third-order valence-electron chi connectivity index (χ3n) is 4.93. The van der Waals surface area contributed by atoms with Gasteiger partial charge in [0.05, 0.1) is 11.7 Å². The predicted molar refractivity (Wildman–Crippen MR) is 85.2 cm³/mol. The van der Waals surface area contributed by atoms with Gasteiger partial charge in [-0.1, -0.05) is 6.42 Å². The summed E-state index contributed by atoms with van der Waals surface area (Å²) in [7, 11) is -3.34. The van der Waals surface area contributed by atoms with E-state index < -0.39 is 16.0 Å². The molecular formula is C15H26N2O5S. The number of sulfonamides is 1. The second-order valence-corrected chi connectivity index (χ2v) is 8.57. The zero-order valence-corrected chi connectivity index (χ0v) is 14.1. The summed E-state index contributed by atoms with van der Waals surface area (Å²) in [5.41, 5.74) is 0. The van der Waals surface area contributed by atoms with Gasteiger partial charge in [-0.2, -0.15) is 0 Å². The molecule has 0 aromatic heterocycles. The van der Waals surface area contributed by atoms with E-state index in [9.17, 15) is 18.0 Å². The van der Waals surface area contributed by atoms with Crippen LogP contribution in [0.5, 0.6) is 0 Å². The van der Waals surface area contributed by atoms with Crippen LogP contribution in [0.25, 0.3) is 0 Å². The van der Waals surface area contributed by atoms with E-state index in [2.05, 4.69) is 10.0 Å². The number of nitrogens with one attached hydrogen (secondary N) is 2. The van der Waals surface area contributed by atoms with E-state index in [0.29, 0.717) is 38.1 Å². The zero-order chi connectivity index (χ0) is 16.9. The van der Waals surface area contributed by atoms with Gasteiger partial charge in [-0.15, -0.1) is 0 Å². The lowest BCUT2D eigenvalue weighted by molar-refractivity contribution is -0.144. The average Bonchev–Trinajstić information content (AvgIpc) is 2.45. The first-order valence-electron chi connectivity index (χ1n) is 8.35. The fourth-order valence-electron chi connectivity index (χ4n) is 3.07. The number of aliphatic carboxylic acids is 1. The van der Waals surface area contributed by atoms with Crippen LogP contribution in [0.3, 0.4) is 0 Å². The molecular weight excluding hydrogens is 320 g/mol. The molecule has 1 amide bonds. The van der Waals surface area contributed by atoms with Gasteiger partial charge in [0, 0.05) is 19.0 Å². The lowest BCUT2D eigenvalue weighted by atomic mass is 9.81. The van der Waals surface area contributed by atoms with Crippen LogP contribution in [0.4, 0.5) is 0 Å². The fourth-order valence-corrected chi connectivity index (χ4v) is 4.07. The molecule has 0 atom stereocenters. The van der Waals surface area contributed by atoms with E-state index in [1.807, 2.05) is 0 Å². The van der Waals surface area contributed by atoms with Crippen LogP contribution >= 0.6 is 0 Å². The third-order valence-corrected chi connectivity index (χ3v) is 6.28. The molecule has 8 heteroatoms. The average molecular weight is 346 g/mol. The van der Waals surface area contributed by atoms with Gasteiger partial charge in [-0.05, 0) is 44.4 Å². The smallest absolute Gasteiger partial charge is 0.306 e. The molecule has 0 aliphatic heterocycles. The SMILES string of the molecule is O=C(O)C1CCC(C(=O)NCCS(=O)(=O)NCC2CCC2)CC1. The van der Waals surface area contributed by atoms with Crippen LogP contribution < -0.4 is 10.0 Å². The summed E-state index contributed by atoms with van der Waals surface area (Å²) in [5.74, 6) is -1.17. The van der Waals surface area contributed by atoms with Gasteiger partial charge in [0.15, 0.2) is 0 Å². The molecule has 7 nitrogen and oxygen atoms in total. The molecule has 2 aliphatic rings. The van der Waals surface area contributed by atoms with Crippen molar-refractivity contribution in [2.45, 2.75) is 44.9 Å². The molecule has 2 saturated carbocycles. The van der Waals surface area contributed by atoms with Crippen molar-refractivity contribution in [3.63, 3.8) is 0 Å². The first-order chi connectivity index (χ1) is 10.9. The molecule has 0 aromatic carbocycles. The number of hydrogen-bond acceptors (Lipinski definition) is 4. The highest BCUT2D eigenvalue weighted by atomic mass is 32.2. The molecule has 23 heavy (non-hydrogen) atoms. The second-order valence-electron chi connectivity index (χ2n) is 6.64. The number of carboxylic acids is 1. The number of hydrogen-bond donors (Lipinski definition) is 3. The lowest BCUT2D eigenvalue weighted by Gasteiger charge is -2.26. The highest BCUT2D eigenvalue weighted by Gasteiger charge is 2.29. The molecule has 0 unspecified atom stereocenters. The summed E-state index contributed by atoms with van der Waals surface area (Å²) in [4.78, 5) is 22.9. The minimum Gasteiger partial charge on any atom is -0.481 e. The van der Waals surface area contributed by atoms with E-state index in [-0.39, 0.29) is 30.0 Å². The summed E-state index contributed by atoms with van der Waals surface area (Å²) in [6.45, 7) is 0.590. The van der Waals surface area contributed by atoms with E-state index in [1.54, 1.807) is 0 Å². The van der Waals surface area contributed by atoms with Crippen molar-refractivity contribution in [1.29, 1.82) is 0 Å². The van der Waals surface area contributed by atoms with Gasteiger partial charge in [-0.3, -0.25) is 9.59 Å². The topological polar surface area (TPSA) is 113 Å². The predicted octanol–water partition coefficient (Wildman–Crippen LogP) is 0.713. The Balaban J connectivity index is 1.63. The Kier molecular flexibility index (Phi) is 6.41. The largest absolute Gasteiger partial charge is 0.481 e. The standard InChI is InChI=1S/C15H26N2O5S/c18-14(12-4-6-13(7-5-12)15(19)20)16-8-9-23(21,22)17-10-11-2-1-3-11/h11-13,17H,1-10H2,(H,16,18)(H,19,20). The van der Waals surface area contributed by atoms with Gasteiger partial charge in [0.1, 0.15) is 0 Å². The Morgan fingerprint density at radius 2 is 1.61 bits per heavy atom. The van der Waals surface area contributed by atoms with Crippen LogP contribution in [-0.2, 0) is 19.6 Å². The molecule has 0 spiro atoms. The molecule has 2 fully saturated rings. The number of amides is 1. The van der Waals surface area contributed by atoms with Crippen LogP contribution in [-0.4, -0.2) is 44.2 Å².